The van der Waals surface area contributed by atoms with E-state index in [-0.39, 0.29) is 16.4 Å². The Morgan fingerprint density at radius 1 is 1.31 bits per heavy atom. The third-order valence-electron chi connectivity index (χ3n) is 1.53. The molecule has 0 heterocycles. The topological polar surface area (TPSA) is 54.4 Å². The third-order valence-corrected chi connectivity index (χ3v) is 3.20. The van der Waals surface area contributed by atoms with Crippen molar-refractivity contribution in [1.29, 1.82) is 0 Å². The zero-order chi connectivity index (χ0) is 9.90. The normalized spacial score (nSPS) is 11.1. The lowest BCUT2D eigenvalue weighted by Gasteiger charge is -2.00. The van der Waals surface area contributed by atoms with Crippen molar-refractivity contribution in [2.75, 3.05) is 5.75 Å². The summed E-state index contributed by atoms with van der Waals surface area (Å²) in [6.07, 6.45) is 1.34. The van der Waals surface area contributed by atoms with Gasteiger partial charge in [0, 0.05) is 0 Å². The van der Waals surface area contributed by atoms with Gasteiger partial charge in [-0.3, -0.25) is 0 Å². The Labute approximate surface area is 77.3 Å². The van der Waals surface area contributed by atoms with Crippen LogP contribution in [0, 0.1) is 0 Å². The molecule has 3 nitrogen and oxygen atoms in total. The van der Waals surface area contributed by atoms with Crippen molar-refractivity contribution in [3.05, 3.63) is 36.9 Å². The molecule has 0 unspecified atom stereocenters. The Hall–Kier alpha value is -1.29. The van der Waals surface area contributed by atoms with Crippen LogP contribution >= 0.6 is 0 Å². The van der Waals surface area contributed by atoms with Gasteiger partial charge in [0.2, 0.25) is 0 Å². The van der Waals surface area contributed by atoms with Crippen LogP contribution in [0.15, 0.2) is 41.8 Å². The second kappa shape index (κ2) is 3.62. The average Bonchev–Trinajstić information content (AvgIpc) is 2.05. The molecule has 0 atom stereocenters. The molecule has 0 fully saturated rings. The first kappa shape index (κ1) is 9.80. The molecule has 0 spiro atoms. The highest BCUT2D eigenvalue weighted by molar-refractivity contribution is 7.91. The van der Waals surface area contributed by atoms with E-state index in [1.54, 1.807) is 0 Å². The van der Waals surface area contributed by atoms with E-state index < -0.39 is 9.84 Å². The fourth-order valence-corrected chi connectivity index (χ4v) is 1.96. The first-order valence-electron chi connectivity index (χ1n) is 3.69. The molecule has 70 valence electrons. The maximum absolute atomic E-state index is 11.4. The van der Waals surface area contributed by atoms with Gasteiger partial charge in [0.1, 0.15) is 5.75 Å². The lowest BCUT2D eigenvalue weighted by atomic mass is 10.3. The molecular weight excluding hydrogens is 188 g/mol. The van der Waals surface area contributed by atoms with Crippen LogP contribution in [0.1, 0.15) is 0 Å². The Morgan fingerprint density at radius 2 is 1.85 bits per heavy atom. The van der Waals surface area contributed by atoms with E-state index in [0.29, 0.717) is 0 Å². The summed E-state index contributed by atoms with van der Waals surface area (Å²) in [7, 11) is -3.26. The largest absolute Gasteiger partial charge is 0.508 e. The van der Waals surface area contributed by atoms with Crippen molar-refractivity contribution >= 4 is 9.84 Å². The Morgan fingerprint density at radius 3 is 2.31 bits per heavy atom. The molecule has 0 aliphatic rings. The van der Waals surface area contributed by atoms with Crippen LogP contribution in [0.5, 0.6) is 5.75 Å². The summed E-state index contributed by atoms with van der Waals surface area (Å²) in [4.78, 5) is 0.199. The van der Waals surface area contributed by atoms with E-state index in [1.165, 1.54) is 30.3 Å². The van der Waals surface area contributed by atoms with Crippen molar-refractivity contribution < 1.29 is 13.5 Å². The number of hydrogen-bond donors (Lipinski definition) is 1. The molecule has 0 aromatic heterocycles. The standard InChI is InChI=1S/C9H10O3S/c1-2-7-13(11,12)9-5-3-8(10)4-6-9/h2-6,10H,1,7H2. The van der Waals surface area contributed by atoms with Gasteiger partial charge in [-0.25, -0.2) is 8.42 Å². The molecule has 0 radical (unpaired) electrons. The number of aromatic hydroxyl groups is 1. The Kier molecular flexibility index (Phi) is 2.72. The molecule has 1 rings (SSSR count). The summed E-state index contributed by atoms with van der Waals surface area (Å²) in [6.45, 7) is 3.36. The number of phenols is 1. The molecular formula is C9H10O3S. The second-order valence-corrected chi connectivity index (χ2v) is 4.60. The molecule has 1 aromatic carbocycles. The van der Waals surface area contributed by atoms with E-state index in [9.17, 15) is 8.42 Å². The lowest BCUT2D eigenvalue weighted by molar-refractivity contribution is 0.475. The number of phenolic OH excluding ortho intramolecular Hbond substituents is 1. The molecule has 0 amide bonds. The quantitative estimate of drug-likeness (QED) is 0.746. The van der Waals surface area contributed by atoms with E-state index in [2.05, 4.69) is 6.58 Å². The summed E-state index contributed by atoms with van der Waals surface area (Å²) < 4.78 is 22.8. The van der Waals surface area contributed by atoms with Crippen molar-refractivity contribution in [2.24, 2.45) is 0 Å². The van der Waals surface area contributed by atoms with Crippen LogP contribution in [0.3, 0.4) is 0 Å². The molecule has 1 aromatic rings. The molecule has 0 saturated carbocycles. The first-order chi connectivity index (χ1) is 6.06. The van der Waals surface area contributed by atoms with Gasteiger partial charge in [0.15, 0.2) is 9.84 Å². The molecule has 0 bridgehead atoms. The van der Waals surface area contributed by atoms with Crippen LogP contribution in [0.2, 0.25) is 0 Å². The number of rotatable bonds is 3. The molecule has 0 saturated heterocycles. The monoisotopic (exact) mass is 198 g/mol. The van der Waals surface area contributed by atoms with Crippen LogP contribution in [0.25, 0.3) is 0 Å². The van der Waals surface area contributed by atoms with Crippen molar-refractivity contribution in [3.8, 4) is 5.75 Å². The predicted molar refractivity (Wildman–Crippen MR) is 50.4 cm³/mol. The van der Waals surface area contributed by atoms with Gasteiger partial charge in [0.25, 0.3) is 0 Å². The van der Waals surface area contributed by atoms with E-state index in [4.69, 9.17) is 5.11 Å². The average molecular weight is 198 g/mol. The van der Waals surface area contributed by atoms with Gasteiger partial charge in [-0.2, -0.15) is 0 Å². The van der Waals surface area contributed by atoms with Crippen LogP contribution < -0.4 is 0 Å². The fourth-order valence-electron chi connectivity index (χ4n) is 0.905. The number of sulfone groups is 1. The van der Waals surface area contributed by atoms with E-state index in [0.717, 1.165) is 0 Å². The molecule has 13 heavy (non-hydrogen) atoms. The van der Waals surface area contributed by atoms with Crippen LogP contribution in [-0.4, -0.2) is 19.3 Å². The SMILES string of the molecule is C=CCS(=O)(=O)c1ccc(O)cc1. The third kappa shape index (κ3) is 2.32. The second-order valence-electron chi connectivity index (χ2n) is 2.56. The smallest absolute Gasteiger partial charge is 0.181 e. The van der Waals surface area contributed by atoms with E-state index >= 15 is 0 Å². The van der Waals surface area contributed by atoms with Crippen LogP contribution in [0.4, 0.5) is 0 Å². The maximum atomic E-state index is 11.4. The summed E-state index contributed by atoms with van der Waals surface area (Å²) in [5.41, 5.74) is 0. The lowest BCUT2D eigenvalue weighted by Crippen LogP contribution is -2.03. The Balaban J connectivity index is 3.08. The summed E-state index contributed by atoms with van der Waals surface area (Å²) in [5, 5.41) is 8.94. The van der Waals surface area contributed by atoms with Gasteiger partial charge < -0.3 is 5.11 Å². The number of benzene rings is 1. The number of hydrogen-bond acceptors (Lipinski definition) is 3. The predicted octanol–water partition coefficient (Wildman–Crippen LogP) is 1.35. The minimum absolute atomic E-state index is 0.0533. The molecule has 0 aliphatic carbocycles. The van der Waals surface area contributed by atoms with Gasteiger partial charge >= 0.3 is 0 Å². The molecule has 4 heteroatoms. The van der Waals surface area contributed by atoms with Crippen molar-refractivity contribution in [2.45, 2.75) is 4.90 Å². The highest BCUT2D eigenvalue weighted by atomic mass is 32.2. The van der Waals surface area contributed by atoms with Gasteiger partial charge in [-0.05, 0) is 24.3 Å². The maximum Gasteiger partial charge on any atom is 0.181 e. The van der Waals surface area contributed by atoms with E-state index in [1.807, 2.05) is 0 Å². The van der Waals surface area contributed by atoms with Gasteiger partial charge in [-0.1, -0.05) is 6.08 Å². The fraction of sp³-hybridized carbons (Fsp3) is 0.111. The van der Waals surface area contributed by atoms with Crippen molar-refractivity contribution in [3.63, 3.8) is 0 Å². The van der Waals surface area contributed by atoms with Crippen LogP contribution in [-0.2, 0) is 9.84 Å². The van der Waals surface area contributed by atoms with Crippen molar-refractivity contribution in [1.82, 2.24) is 0 Å². The minimum atomic E-state index is -3.26. The summed E-state index contributed by atoms with van der Waals surface area (Å²) >= 11 is 0. The van der Waals surface area contributed by atoms with Gasteiger partial charge in [-0.15, -0.1) is 6.58 Å². The summed E-state index contributed by atoms with van der Waals surface area (Å²) in [6, 6.07) is 5.42. The zero-order valence-corrected chi connectivity index (χ0v) is 7.79. The summed E-state index contributed by atoms with van der Waals surface area (Å²) in [5.74, 6) is -0.0323. The highest BCUT2D eigenvalue weighted by Gasteiger charge is 2.11. The Bertz CT molecular complexity index is 389. The molecule has 1 N–H and O–H groups in total. The highest BCUT2D eigenvalue weighted by Crippen LogP contribution is 2.15. The molecule has 0 aliphatic heterocycles. The zero-order valence-electron chi connectivity index (χ0n) is 6.97. The van der Waals surface area contributed by atoms with Gasteiger partial charge in [0.05, 0.1) is 10.6 Å². The first-order valence-corrected chi connectivity index (χ1v) is 5.34. The minimum Gasteiger partial charge on any atom is -0.508 e.